The van der Waals surface area contributed by atoms with Gasteiger partial charge in [0, 0.05) is 24.6 Å². The van der Waals surface area contributed by atoms with Crippen molar-refractivity contribution in [1.29, 1.82) is 0 Å². The van der Waals surface area contributed by atoms with Crippen LogP contribution in [-0.4, -0.2) is 60.9 Å². The maximum atomic E-state index is 11.8. The third-order valence-corrected chi connectivity index (χ3v) is 3.12. The third-order valence-electron chi connectivity index (χ3n) is 2.17. The van der Waals surface area contributed by atoms with Crippen molar-refractivity contribution in [1.82, 2.24) is 10.2 Å². The van der Waals surface area contributed by atoms with Crippen molar-refractivity contribution in [3.05, 3.63) is 0 Å². The number of halogens is 3. The third kappa shape index (κ3) is 7.19. The van der Waals surface area contributed by atoms with E-state index < -0.39 is 18.9 Å². The molecule has 0 aromatic carbocycles. The lowest BCUT2D eigenvalue weighted by Crippen LogP contribution is -2.43. The molecule has 5 nitrogen and oxygen atoms in total. The Bertz CT molecular complexity index is 288. The van der Waals surface area contributed by atoms with Crippen molar-refractivity contribution in [2.45, 2.75) is 6.43 Å². The molecule has 0 saturated carbocycles. The Morgan fingerprint density at radius 3 is 2.61 bits per heavy atom. The van der Waals surface area contributed by atoms with E-state index in [2.05, 4.69) is 10.3 Å². The van der Waals surface area contributed by atoms with E-state index >= 15 is 0 Å². The van der Waals surface area contributed by atoms with Crippen LogP contribution in [0, 0.1) is 0 Å². The monoisotopic (exact) mass is 394 g/mol. The summed E-state index contributed by atoms with van der Waals surface area (Å²) in [6.07, 6.45) is -2.54. The van der Waals surface area contributed by atoms with E-state index in [1.165, 1.54) is 0 Å². The van der Waals surface area contributed by atoms with Crippen LogP contribution in [0.5, 0.6) is 0 Å². The quantitative estimate of drug-likeness (QED) is 0.410. The van der Waals surface area contributed by atoms with Crippen molar-refractivity contribution >= 4 is 47.6 Å². The first kappa shape index (κ1) is 17.7. The lowest BCUT2D eigenvalue weighted by atomic mass is 10.5. The minimum absolute atomic E-state index is 0. The summed E-state index contributed by atoms with van der Waals surface area (Å²) in [6, 6.07) is 0. The molecule has 0 atom stereocenters. The van der Waals surface area contributed by atoms with Gasteiger partial charge in [0.15, 0.2) is 5.96 Å². The predicted octanol–water partition coefficient (Wildman–Crippen LogP) is 0.349. The number of hydrogen-bond donors (Lipinski definition) is 2. The standard InChI is InChI=1S/C9H16F2N4OS.HI/c10-7(11)5-13-8(16)6-14-9(12)15-1-3-17-4-2-15;/h7H,1-6H2,(H2,12,14)(H,13,16);1H. The molecular weight excluding hydrogens is 377 g/mol. The summed E-state index contributed by atoms with van der Waals surface area (Å²) in [7, 11) is 0. The zero-order valence-electron chi connectivity index (χ0n) is 9.77. The smallest absolute Gasteiger partial charge is 0.255 e. The van der Waals surface area contributed by atoms with Gasteiger partial charge < -0.3 is 16.0 Å². The fourth-order valence-electron chi connectivity index (χ4n) is 1.29. The molecule has 0 spiro atoms. The highest BCUT2D eigenvalue weighted by molar-refractivity contribution is 14.0. The molecule has 1 amide bonds. The number of carbonyl (C=O) groups is 1. The van der Waals surface area contributed by atoms with E-state index in [0.29, 0.717) is 5.96 Å². The van der Waals surface area contributed by atoms with Gasteiger partial charge in [-0.15, -0.1) is 24.0 Å². The molecule has 9 heteroatoms. The number of alkyl halides is 2. The normalized spacial score (nSPS) is 16.4. The van der Waals surface area contributed by atoms with Crippen LogP contribution in [0.1, 0.15) is 0 Å². The van der Waals surface area contributed by atoms with Crippen LogP contribution in [0.25, 0.3) is 0 Å². The number of nitrogens with two attached hydrogens (primary N) is 1. The van der Waals surface area contributed by atoms with Crippen LogP contribution in [-0.2, 0) is 4.79 Å². The molecule has 3 N–H and O–H groups in total. The summed E-state index contributed by atoms with van der Waals surface area (Å²) in [6.45, 7) is 0.758. The van der Waals surface area contributed by atoms with Gasteiger partial charge in [-0.2, -0.15) is 11.8 Å². The number of carbonyl (C=O) groups excluding carboxylic acids is 1. The van der Waals surface area contributed by atoms with Crippen molar-refractivity contribution < 1.29 is 13.6 Å². The molecule has 1 aliphatic rings. The molecule has 0 radical (unpaired) electrons. The van der Waals surface area contributed by atoms with Crippen molar-refractivity contribution in [2.75, 3.05) is 37.7 Å². The Labute approximate surface area is 126 Å². The predicted molar refractivity (Wildman–Crippen MR) is 79.8 cm³/mol. The number of nitrogens with zero attached hydrogens (tertiary/aromatic N) is 2. The lowest BCUT2D eigenvalue weighted by molar-refractivity contribution is -0.120. The molecule has 1 fully saturated rings. The summed E-state index contributed by atoms with van der Waals surface area (Å²) in [5, 5.41) is 2.07. The minimum atomic E-state index is -2.54. The molecule has 1 saturated heterocycles. The highest BCUT2D eigenvalue weighted by atomic mass is 127. The summed E-state index contributed by atoms with van der Waals surface area (Å²) >= 11 is 1.84. The van der Waals surface area contributed by atoms with Gasteiger partial charge in [-0.05, 0) is 0 Å². The van der Waals surface area contributed by atoms with E-state index in [0.717, 1.165) is 24.6 Å². The van der Waals surface area contributed by atoms with Gasteiger partial charge in [-0.25, -0.2) is 13.8 Å². The number of thioether (sulfide) groups is 1. The topological polar surface area (TPSA) is 70.7 Å². The lowest BCUT2D eigenvalue weighted by Gasteiger charge is -2.27. The molecule has 106 valence electrons. The Balaban J connectivity index is 0.00000289. The summed E-state index contributed by atoms with van der Waals surface area (Å²) in [5.74, 6) is 1.72. The second kappa shape index (κ2) is 9.59. The zero-order valence-corrected chi connectivity index (χ0v) is 12.9. The van der Waals surface area contributed by atoms with E-state index in [1.54, 1.807) is 0 Å². The van der Waals surface area contributed by atoms with Gasteiger partial charge in [-0.1, -0.05) is 0 Å². The van der Waals surface area contributed by atoms with Crippen LogP contribution in [0.15, 0.2) is 4.99 Å². The van der Waals surface area contributed by atoms with E-state index in [1.807, 2.05) is 16.7 Å². The number of guanidine groups is 1. The molecule has 1 rings (SSSR count). The number of hydrogen-bond acceptors (Lipinski definition) is 3. The number of nitrogens with one attached hydrogen (secondary N) is 1. The maximum Gasteiger partial charge on any atom is 0.255 e. The largest absolute Gasteiger partial charge is 0.370 e. The SMILES string of the molecule is I.NC(=NCC(=O)NCC(F)F)N1CCSCC1. The number of amides is 1. The maximum absolute atomic E-state index is 11.8. The van der Waals surface area contributed by atoms with Crippen LogP contribution >= 0.6 is 35.7 Å². The molecule has 1 heterocycles. The molecule has 18 heavy (non-hydrogen) atoms. The van der Waals surface area contributed by atoms with Gasteiger partial charge >= 0.3 is 0 Å². The van der Waals surface area contributed by atoms with E-state index in [-0.39, 0.29) is 30.5 Å². The summed E-state index contributed by atoms with van der Waals surface area (Å²) in [4.78, 5) is 16.9. The van der Waals surface area contributed by atoms with Crippen molar-refractivity contribution in [2.24, 2.45) is 10.7 Å². The Morgan fingerprint density at radius 2 is 2.06 bits per heavy atom. The van der Waals surface area contributed by atoms with E-state index in [4.69, 9.17) is 5.73 Å². The van der Waals surface area contributed by atoms with Gasteiger partial charge in [0.25, 0.3) is 6.43 Å². The second-order valence-corrected chi connectivity index (χ2v) is 4.69. The molecule has 0 aromatic heterocycles. The molecule has 0 bridgehead atoms. The molecule has 0 aromatic rings. The highest BCUT2D eigenvalue weighted by Gasteiger charge is 2.12. The molecule has 0 aliphatic carbocycles. The summed E-state index contributed by atoms with van der Waals surface area (Å²) in [5.41, 5.74) is 5.69. The average Bonchev–Trinajstić information content (AvgIpc) is 2.34. The Morgan fingerprint density at radius 1 is 1.44 bits per heavy atom. The first-order valence-corrected chi connectivity index (χ1v) is 6.42. The summed E-state index contributed by atoms with van der Waals surface area (Å²) < 4.78 is 23.6. The number of rotatable bonds is 4. The van der Waals surface area contributed by atoms with Crippen molar-refractivity contribution in [3.8, 4) is 0 Å². The molecule has 1 aliphatic heterocycles. The molecular formula is C9H17F2IN4OS. The van der Waals surface area contributed by atoms with Gasteiger partial charge in [0.2, 0.25) is 5.91 Å². The minimum Gasteiger partial charge on any atom is -0.370 e. The molecule has 0 unspecified atom stereocenters. The Kier molecular flexibility index (Phi) is 9.42. The first-order chi connectivity index (χ1) is 8.09. The Hall–Kier alpha value is -0.320. The van der Waals surface area contributed by atoms with Crippen LogP contribution in [0.2, 0.25) is 0 Å². The number of aliphatic imine (C=N–C) groups is 1. The van der Waals surface area contributed by atoms with Gasteiger partial charge in [0.1, 0.15) is 6.54 Å². The van der Waals surface area contributed by atoms with Gasteiger partial charge in [0.05, 0.1) is 6.54 Å². The zero-order chi connectivity index (χ0) is 12.7. The fourth-order valence-corrected chi connectivity index (χ4v) is 2.20. The second-order valence-electron chi connectivity index (χ2n) is 3.47. The first-order valence-electron chi connectivity index (χ1n) is 5.27. The van der Waals surface area contributed by atoms with Crippen molar-refractivity contribution in [3.63, 3.8) is 0 Å². The fraction of sp³-hybridized carbons (Fsp3) is 0.778. The van der Waals surface area contributed by atoms with Gasteiger partial charge in [-0.3, -0.25) is 4.79 Å². The van der Waals surface area contributed by atoms with Crippen LogP contribution in [0.4, 0.5) is 8.78 Å². The highest BCUT2D eigenvalue weighted by Crippen LogP contribution is 2.08. The van der Waals surface area contributed by atoms with E-state index in [9.17, 15) is 13.6 Å². The van der Waals surface area contributed by atoms with Crippen LogP contribution in [0.3, 0.4) is 0 Å². The average molecular weight is 394 g/mol. The van der Waals surface area contributed by atoms with Crippen LogP contribution < -0.4 is 11.1 Å².